The average molecular weight is 425 g/mol. The summed E-state index contributed by atoms with van der Waals surface area (Å²) in [4.78, 5) is 19.9. The Morgan fingerprint density at radius 3 is 2.73 bits per heavy atom. The lowest BCUT2D eigenvalue weighted by Crippen LogP contribution is -2.31. The maximum atomic E-state index is 14.0. The van der Waals surface area contributed by atoms with Crippen LogP contribution in [0.5, 0.6) is 5.88 Å². The Labute approximate surface area is 169 Å². The summed E-state index contributed by atoms with van der Waals surface area (Å²) in [5.41, 5.74) is 1.54. The molecule has 0 bridgehead atoms. The van der Waals surface area contributed by atoms with Crippen LogP contribution in [0.4, 0.5) is 17.6 Å². The highest BCUT2D eigenvalue weighted by atomic mass is 19.4. The predicted octanol–water partition coefficient (Wildman–Crippen LogP) is 3.02. The zero-order valence-electron chi connectivity index (χ0n) is 16.2. The molecule has 0 unspecified atom stereocenters. The van der Waals surface area contributed by atoms with Crippen LogP contribution in [0.15, 0.2) is 30.7 Å². The Balaban J connectivity index is 1.75. The summed E-state index contributed by atoms with van der Waals surface area (Å²) in [5, 5.41) is 7.84. The Hall–Kier alpha value is -3.24. The minimum atomic E-state index is -4.58. The van der Waals surface area contributed by atoms with Crippen LogP contribution in [0.1, 0.15) is 25.1 Å². The van der Waals surface area contributed by atoms with E-state index in [1.54, 1.807) is 18.5 Å². The monoisotopic (exact) mass is 425 g/mol. The fraction of sp³-hybridized carbons (Fsp3) is 0.368. The van der Waals surface area contributed by atoms with Crippen molar-refractivity contribution in [2.45, 2.75) is 39.0 Å². The standard InChI is InChI=1S/C19H19F4N5O2/c1-11(2)26-17(29)6-16-13-9-28(27-15(13)3-4-24-16)8-12-5-14(20)18(25-7-12)30-10-19(21,22)23/h3-5,7,9,11H,6,8,10H2,1-2H3,(H,26,29). The second-order valence-corrected chi connectivity index (χ2v) is 6.95. The summed E-state index contributed by atoms with van der Waals surface area (Å²) in [6.45, 7) is 2.21. The van der Waals surface area contributed by atoms with Gasteiger partial charge in [0.25, 0.3) is 5.88 Å². The molecule has 160 valence electrons. The van der Waals surface area contributed by atoms with Crippen molar-refractivity contribution in [3.63, 3.8) is 0 Å². The largest absolute Gasteiger partial charge is 0.466 e. The molecule has 7 nitrogen and oxygen atoms in total. The van der Waals surface area contributed by atoms with Crippen LogP contribution in [0.25, 0.3) is 10.9 Å². The van der Waals surface area contributed by atoms with E-state index in [4.69, 9.17) is 0 Å². The van der Waals surface area contributed by atoms with E-state index in [0.717, 1.165) is 6.07 Å². The second kappa shape index (κ2) is 8.64. The van der Waals surface area contributed by atoms with Gasteiger partial charge in [0.15, 0.2) is 12.4 Å². The van der Waals surface area contributed by atoms with Gasteiger partial charge in [-0.15, -0.1) is 0 Å². The molecule has 3 aromatic heterocycles. The molecular formula is C19H19F4N5O2. The third-order valence-electron chi connectivity index (χ3n) is 3.92. The van der Waals surface area contributed by atoms with Gasteiger partial charge in [0.05, 0.1) is 24.2 Å². The molecule has 0 aliphatic carbocycles. The molecule has 1 amide bonds. The van der Waals surface area contributed by atoms with Crippen molar-refractivity contribution in [2.24, 2.45) is 0 Å². The van der Waals surface area contributed by atoms with Crippen LogP contribution in [-0.2, 0) is 17.8 Å². The van der Waals surface area contributed by atoms with Crippen LogP contribution in [0.2, 0.25) is 0 Å². The molecule has 0 aromatic carbocycles. The molecule has 0 spiro atoms. The lowest BCUT2D eigenvalue weighted by molar-refractivity contribution is -0.154. The number of fused-ring (bicyclic) bond motifs is 1. The van der Waals surface area contributed by atoms with Gasteiger partial charge in [-0.25, -0.2) is 9.37 Å². The molecule has 0 atom stereocenters. The highest BCUT2D eigenvalue weighted by Gasteiger charge is 2.29. The van der Waals surface area contributed by atoms with Crippen molar-refractivity contribution in [3.8, 4) is 5.88 Å². The van der Waals surface area contributed by atoms with Crippen LogP contribution in [0, 0.1) is 5.82 Å². The van der Waals surface area contributed by atoms with Gasteiger partial charge in [-0.2, -0.15) is 18.3 Å². The molecule has 11 heteroatoms. The normalized spacial score (nSPS) is 11.8. The number of nitrogens with one attached hydrogen (secondary N) is 1. The molecule has 1 N–H and O–H groups in total. The third-order valence-corrected chi connectivity index (χ3v) is 3.92. The van der Waals surface area contributed by atoms with E-state index in [9.17, 15) is 22.4 Å². The predicted molar refractivity (Wildman–Crippen MR) is 99.4 cm³/mol. The fourth-order valence-electron chi connectivity index (χ4n) is 2.79. The molecule has 3 aromatic rings. The van der Waals surface area contributed by atoms with Crippen LogP contribution in [0.3, 0.4) is 0 Å². The summed E-state index contributed by atoms with van der Waals surface area (Å²) >= 11 is 0. The molecule has 0 saturated heterocycles. The molecule has 0 aliphatic heterocycles. The summed E-state index contributed by atoms with van der Waals surface area (Å²) < 4.78 is 56.5. The van der Waals surface area contributed by atoms with Gasteiger partial charge < -0.3 is 10.1 Å². The number of ether oxygens (including phenoxy) is 1. The molecule has 0 saturated carbocycles. The highest BCUT2D eigenvalue weighted by Crippen LogP contribution is 2.21. The number of carbonyl (C=O) groups excluding carboxylic acids is 1. The summed E-state index contributed by atoms with van der Waals surface area (Å²) in [5.74, 6) is -1.89. The van der Waals surface area contributed by atoms with Crippen molar-refractivity contribution in [1.82, 2.24) is 25.1 Å². The molecule has 3 heterocycles. The van der Waals surface area contributed by atoms with Crippen molar-refractivity contribution in [1.29, 1.82) is 0 Å². The van der Waals surface area contributed by atoms with Crippen LogP contribution in [-0.4, -0.2) is 44.5 Å². The van der Waals surface area contributed by atoms with Gasteiger partial charge in [0, 0.05) is 30.0 Å². The first kappa shape index (κ1) is 21.5. The number of halogens is 4. The molecular weight excluding hydrogens is 406 g/mol. The van der Waals surface area contributed by atoms with Gasteiger partial charge in [-0.05, 0) is 31.5 Å². The number of rotatable bonds is 7. The molecule has 0 fully saturated rings. The van der Waals surface area contributed by atoms with Crippen LogP contribution >= 0.6 is 0 Å². The Bertz CT molecular complexity index is 1050. The number of amides is 1. The zero-order valence-corrected chi connectivity index (χ0v) is 16.2. The van der Waals surface area contributed by atoms with Crippen molar-refractivity contribution >= 4 is 16.8 Å². The van der Waals surface area contributed by atoms with E-state index >= 15 is 0 Å². The van der Waals surface area contributed by atoms with Crippen molar-refractivity contribution in [2.75, 3.05) is 6.61 Å². The lowest BCUT2D eigenvalue weighted by Gasteiger charge is -2.09. The van der Waals surface area contributed by atoms with Gasteiger partial charge >= 0.3 is 6.18 Å². The second-order valence-electron chi connectivity index (χ2n) is 6.95. The SMILES string of the molecule is CC(C)NC(=O)Cc1nccc2nn(Cc3cnc(OCC(F)(F)F)c(F)c3)cc12. The van der Waals surface area contributed by atoms with Gasteiger partial charge in [0.1, 0.15) is 0 Å². The summed E-state index contributed by atoms with van der Waals surface area (Å²) in [6.07, 6.45) is -0.0588. The maximum absolute atomic E-state index is 14.0. The van der Waals surface area contributed by atoms with Gasteiger partial charge in [0.2, 0.25) is 5.91 Å². The van der Waals surface area contributed by atoms with Crippen molar-refractivity contribution in [3.05, 3.63) is 47.8 Å². The van der Waals surface area contributed by atoms with E-state index in [2.05, 4.69) is 25.1 Å². The molecule has 30 heavy (non-hydrogen) atoms. The zero-order chi connectivity index (χ0) is 21.9. The highest BCUT2D eigenvalue weighted by molar-refractivity contribution is 5.86. The molecule has 3 rings (SSSR count). The van der Waals surface area contributed by atoms with Gasteiger partial charge in [-0.3, -0.25) is 14.5 Å². The number of hydrogen-bond donors (Lipinski definition) is 1. The third kappa shape index (κ3) is 5.65. The Morgan fingerprint density at radius 2 is 2.07 bits per heavy atom. The number of carbonyl (C=O) groups is 1. The minimum absolute atomic E-state index is 0.00454. The van der Waals surface area contributed by atoms with Crippen molar-refractivity contribution < 1.29 is 27.1 Å². The Morgan fingerprint density at radius 1 is 1.30 bits per heavy atom. The topological polar surface area (TPSA) is 81.9 Å². The van der Waals surface area contributed by atoms with E-state index in [0.29, 0.717) is 22.2 Å². The summed E-state index contributed by atoms with van der Waals surface area (Å²) in [6, 6.07) is 2.73. The average Bonchev–Trinajstić information content (AvgIpc) is 3.03. The van der Waals surface area contributed by atoms with E-state index in [1.807, 2.05) is 13.8 Å². The van der Waals surface area contributed by atoms with E-state index in [1.165, 1.54) is 10.9 Å². The number of pyridine rings is 2. The van der Waals surface area contributed by atoms with Crippen LogP contribution < -0.4 is 10.1 Å². The van der Waals surface area contributed by atoms with Gasteiger partial charge in [-0.1, -0.05) is 0 Å². The first-order valence-electron chi connectivity index (χ1n) is 9.05. The first-order valence-corrected chi connectivity index (χ1v) is 9.05. The first-order chi connectivity index (χ1) is 14.1. The molecule has 0 radical (unpaired) electrons. The van der Waals surface area contributed by atoms with E-state index < -0.39 is 24.5 Å². The smallest absolute Gasteiger partial charge is 0.422 e. The Kier molecular flexibility index (Phi) is 6.18. The molecule has 0 aliphatic rings. The fourth-order valence-corrected chi connectivity index (χ4v) is 2.79. The number of aromatic nitrogens is 4. The lowest BCUT2D eigenvalue weighted by atomic mass is 10.2. The number of hydrogen-bond acceptors (Lipinski definition) is 5. The quantitative estimate of drug-likeness (QED) is 0.589. The number of alkyl halides is 3. The maximum Gasteiger partial charge on any atom is 0.422 e. The minimum Gasteiger partial charge on any atom is -0.466 e. The van der Waals surface area contributed by atoms with E-state index in [-0.39, 0.29) is 24.9 Å². The summed E-state index contributed by atoms with van der Waals surface area (Å²) in [7, 11) is 0. The number of nitrogens with zero attached hydrogens (tertiary/aromatic N) is 4.